The van der Waals surface area contributed by atoms with Crippen LogP contribution in [0.3, 0.4) is 0 Å². The predicted molar refractivity (Wildman–Crippen MR) is 81.2 cm³/mol. The first-order valence-corrected chi connectivity index (χ1v) is 7.23. The highest BCUT2D eigenvalue weighted by Crippen LogP contribution is 2.42. The Labute approximate surface area is 132 Å². The quantitative estimate of drug-likeness (QED) is 0.615. The van der Waals surface area contributed by atoms with Crippen LogP contribution in [0, 0.1) is 0 Å². The average molecular weight is 336 g/mol. The second kappa shape index (κ2) is 6.20. The number of aliphatic imine (C=N–C) groups is 1. The molecule has 1 aliphatic rings. The largest absolute Gasteiger partial charge is 0.465 e. The van der Waals surface area contributed by atoms with Gasteiger partial charge in [0.2, 0.25) is 0 Å². The van der Waals surface area contributed by atoms with E-state index in [1.165, 1.54) is 0 Å². The van der Waals surface area contributed by atoms with E-state index in [0.29, 0.717) is 22.3 Å². The first kappa shape index (κ1) is 15.4. The van der Waals surface area contributed by atoms with Gasteiger partial charge in [-0.05, 0) is 37.6 Å². The van der Waals surface area contributed by atoms with Gasteiger partial charge >= 0.3 is 5.97 Å². The first-order chi connectivity index (χ1) is 9.45. The zero-order chi connectivity index (χ0) is 14.9. The molecule has 1 unspecified atom stereocenters. The molecular weight excluding hydrogens is 323 g/mol. The van der Waals surface area contributed by atoms with Crippen LogP contribution in [0.15, 0.2) is 17.1 Å². The third-order valence-electron chi connectivity index (χ3n) is 3.05. The minimum absolute atomic E-state index is 0.0135. The van der Waals surface area contributed by atoms with E-state index in [2.05, 4.69) is 4.99 Å². The van der Waals surface area contributed by atoms with Crippen molar-refractivity contribution >= 4 is 51.8 Å². The van der Waals surface area contributed by atoms with E-state index in [-0.39, 0.29) is 23.9 Å². The summed E-state index contributed by atoms with van der Waals surface area (Å²) in [6, 6.07) is 3.21. The fourth-order valence-corrected chi connectivity index (χ4v) is 2.86. The number of carbonyl (C=O) groups excluding carboxylic acids is 1. The van der Waals surface area contributed by atoms with Crippen LogP contribution in [-0.2, 0) is 9.53 Å². The lowest BCUT2D eigenvalue weighted by Gasteiger charge is -2.33. The average Bonchev–Trinajstić information content (AvgIpc) is 2.39. The molecule has 1 aliphatic heterocycles. The fourth-order valence-electron chi connectivity index (χ4n) is 2.08. The highest BCUT2D eigenvalue weighted by Gasteiger charge is 2.30. The minimum Gasteiger partial charge on any atom is -0.465 e. The maximum atomic E-state index is 11.6. The zero-order valence-corrected chi connectivity index (χ0v) is 13.3. The van der Waals surface area contributed by atoms with Gasteiger partial charge in [0, 0.05) is 5.56 Å². The number of halogens is 3. The highest BCUT2D eigenvalue weighted by molar-refractivity contribution is 6.65. The smallest absolute Gasteiger partial charge is 0.325 e. The molecule has 1 atom stereocenters. The molecule has 108 valence electrons. The molecule has 0 N–H and O–H groups in total. The number of ether oxygens (including phenoxy) is 1. The van der Waals surface area contributed by atoms with Gasteiger partial charge in [-0.2, -0.15) is 0 Å². The molecule has 0 saturated carbocycles. The van der Waals surface area contributed by atoms with Crippen LogP contribution >= 0.6 is 34.8 Å². The maximum absolute atomic E-state index is 11.6. The molecule has 0 spiro atoms. The van der Waals surface area contributed by atoms with E-state index < -0.39 is 0 Å². The van der Waals surface area contributed by atoms with Crippen LogP contribution in [0.4, 0.5) is 5.69 Å². The minimum atomic E-state index is -0.366. The van der Waals surface area contributed by atoms with Gasteiger partial charge in [-0.15, -0.1) is 0 Å². The number of esters is 1. The topological polar surface area (TPSA) is 41.9 Å². The second-order valence-corrected chi connectivity index (χ2v) is 5.41. The summed E-state index contributed by atoms with van der Waals surface area (Å²) in [4.78, 5) is 17.5. The molecule has 1 aromatic carbocycles. The second-order valence-electron chi connectivity index (χ2n) is 4.28. The Morgan fingerprint density at radius 1 is 1.40 bits per heavy atom. The third kappa shape index (κ3) is 2.87. The molecule has 0 aliphatic carbocycles. The number of hydrogen-bond donors (Lipinski definition) is 0. The molecular formula is C13H13Cl3N2O2. The maximum Gasteiger partial charge on any atom is 0.325 e. The molecule has 0 aromatic heterocycles. The Morgan fingerprint density at radius 3 is 2.75 bits per heavy atom. The normalized spacial score (nSPS) is 17.6. The van der Waals surface area contributed by atoms with Gasteiger partial charge < -0.3 is 9.64 Å². The van der Waals surface area contributed by atoms with Gasteiger partial charge in [0.15, 0.2) is 5.29 Å². The van der Waals surface area contributed by atoms with Crippen LogP contribution in [0.5, 0.6) is 0 Å². The van der Waals surface area contributed by atoms with E-state index in [4.69, 9.17) is 39.5 Å². The van der Waals surface area contributed by atoms with Gasteiger partial charge in [0.05, 0.1) is 28.4 Å². The molecule has 0 radical (unpaired) electrons. The summed E-state index contributed by atoms with van der Waals surface area (Å²) in [6.07, 6.45) is 0. The molecule has 0 amide bonds. The molecule has 0 saturated heterocycles. The molecule has 1 heterocycles. The van der Waals surface area contributed by atoms with Crippen LogP contribution in [0.1, 0.15) is 25.5 Å². The number of benzene rings is 1. The van der Waals surface area contributed by atoms with E-state index in [9.17, 15) is 4.79 Å². The van der Waals surface area contributed by atoms with Crippen LogP contribution in [0.25, 0.3) is 0 Å². The van der Waals surface area contributed by atoms with E-state index >= 15 is 0 Å². The summed E-state index contributed by atoms with van der Waals surface area (Å²) in [6.45, 7) is 3.97. The standard InChI is InChI=1S/C13H13Cl3N2O2/c1-3-20-10(19)6-18-7(2)11-9(17-13(18)16)5-4-8(14)12(11)15/h4-5,7H,3,6H2,1-2H3. The summed E-state index contributed by atoms with van der Waals surface area (Å²) >= 11 is 18.4. The molecule has 1 aromatic rings. The first-order valence-electron chi connectivity index (χ1n) is 6.10. The van der Waals surface area contributed by atoms with Crippen molar-refractivity contribution in [3.05, 3.63) is 27.7 Å². The van der Waals surface area contributed by atoms with E-state index in [1.54, 1.807) is 24.0 Å². The fraction of sp³-hybridized carbons (Fsp3) is 0.385. The Balaban J connectivity index is 2.36. The van der Waals surface area contributed by atoms with Crippen molar-refractivity contribution in [3.8, 4) is 0 Å². The van der Waals surface area contributed by atoms with Crippen LogP contribution < -0.4 is 0 Å². The van der Waals surface area contributed by atoms with Crippen LogP contribution in [0.2, 0.25) is 10.0 Å². The summed E-state index contributed by atoms with van der Waals surface area (Å²) in [7, 11) is 0. The van der Waals surface area contributed by atoms with Gasteiger partial charge in [0.1, 0.15) is 6.54 Å². The number of carbonyl (C=O) groups is 1. The molecule has 0 bridgehead atoms. The summed E-state index contributed by atoms with van der Waals surface area (Å²) in [5.41, 5.74) is 1.42. The summed E-state index contributed by atoms with van der Waals surface area (Å²) in [5, 5.41) is 1.11. The molecule has 20 heavy (non-hydrogen) atoms. The van der Waals surface area contributed by atoms with Crippen molar-refractivity contribution in [2.45, 2.75) is 19.9 Å². The number of rotatable bonds is 3. The van der Waals surface area contributed by atoms with E-state index in [0.717, 1.165) is 5.56 Å². The molecule has 0 fully saturated rings. The SMILES string of the molecule is CCOC(=O)CN1C(Cl)=Nc2ccc(Cl)c(Cl)c2C1C. The number of amidine groups is 1. The lowest BCUT2D eigenvalue weighted by Crippen LogP contribution is -2.37. The Kier molecular flexibility index (Phi) is 4.78. The van der Waals surface area contributed by atoms with Crippen molar-refractivity contribution in [2.75, 3.05) is 13.2 Å². The Hall–Kier alpha value is -0.970. The third-order valence-corrected chi connectivity index (χ3v) is 4.17. The Bertz CT molecular complexity index is 575. The molecule has 2 rings (SSSR count). The Morgan fingerprint density at radius 2 is 2.10 bits per heavy atom. The monoisotopic (exact) mass is 334 g/mol. The molecule has 4 nitrogen and oxygen atoms in total. The lowest BCUT2D eigenvalue weighted by molar-refractivity contribution is -0.143. The number of nitrogens with zero attached hydrogens (tertiary/aromatic N) is 2. The zero-order valence-electron chi connectivity index (χ0n) is 11.0. The van der Waals surface area contributed by atoms with Crippen LogP contribution in [-0.4, -0.2) is 29.3 Å². The van der Waals surface area contributed by atoms with Crippen molar-refractivity contribution in [2.24, 2.45) is 4.99 Å². The van der Waals surface area contributed by atoms with Gasteiger partial charge in [0.25, 0.3) is 0 Å². The van der Waals surface area contributed by atoms with Gasteiger partial charge in [-0.3, -0.25) is 4.79 Å². The van der Waals surface area contributed by atoms with Crippen molar-refractivity contribution in [1.29, 1.82) is 0 Å². The van der Waals surface area contributed by atoms with Crippen molar-refractivity contribution in [1.82, 2.24) is 4.90 Å². The van der Waals surface area contributed by atoms with Crippen molar-refractivity contribution < 1.29 is 9.53 Å². The highest BCUT2D eigenvalue weighted by atomic mass is 35.5. The summed E-state index contributed by atoms with van der Waals surface area (Å²) in [5.74, 6) is -0.366. The predicted octanol–water partition coefficient (Wildman–Crippen LogP) is 4.16. The number of fused-ring (bicyclic) bond motifs is 1. The van der Waals surface area contributed by atoms with Crippen molar-refractivity contribution in [3.63, 3.8) is 0 Å². The number of hydrogen-bond acceptors (Lipinski definition) is 4. The van der Waals surface area contributed by atoms with Gasteiger partial charge in [-0.25, -0.2) is 4.99 Å². The lowest BCUT2D eigenvalue weighted by atomic mass is 10.0. The summed E-state index contributed by atoms with van der Waals surface area (Å²) < 4.78 is 4.93. The van der Waals surface area contributed by atoms with E-state index in [1.807, 2.05) is 6.92 Å². The molecule has 7 heteroatoms. The van der Waals surface area contributed by atoms with Gasteiger partial charge in [-0.1, -0.05) is 23.2 Å².